The van der Waals surface area contributed by atoms with Gasteiger partial charge in [0.1, 0.15) is 11.9 Å². The van der Waals surface area contributed by atoms with Gasteiger partial charge in [-0.3, -0.25) is 4.79 Å². The molecule has 0 radical (unpaired) electrons. The van der Waals surface area contributed by atoms with Crippen LogP contribution in [0.1, 0.15) is 25.0 Å². The van der Waals surface area contributed by atoms with Crippen LogP contribution in [-0.2, 0) is 4.79 Å². The molecule has 3 nitrogen and oxygen atoms in total. The van der Waals surface area contributed by atoms with Crippen molar-refractivity contribution < 1.29 is 9.18 Å². The van der Waals surface area contributed by atoms with Gasteiger partial charge in [0.25, 0.3) is 0 Å². The van der Waals surface area contributed by atoms with Gasteiger partial charge in [-0.05, 0) is 32.1 Å². The highest BCUT2D eigenvalue weighted by atomic mass is 19.1. The Kier molecular flexibility index (Phi) is 5.22. The van der Waals surface area contributed by atoms with Crippen LogP contribution in [0.4, 0.5) is 4.39 Å². The van der Waals surface area contributed by atoms with E-state index in [2.05, 4.69) is 0 Å². The molecule has 0 heterocycles. The number of Topliss-reactive ketones (excluding diaryl/α,β-unsaturated/α-hetero) is 1. The van der Waals surface area contributed by atoms with E-state index in [4.69, 9.17) is 5.26 Å². The fourth-order valence-corrected chi connectivity index (χ4v) is 1.77. The number of hydrogen-bond acceptors (Lipinski definition) is 3. The number of carbonyl (C=O) groups is 1. The molecular formula is C16H17FN2O. The second-order valence-electron chi connectivity index (χ2n) is 4.53. The van der Waals surface area contributed by atoms with Crippen LogP contribution in [-0.4, -0.2) is 24.8 Å². The Morgan fingerprint density at radius 3 is 2.45 bits per heavy atom. The van der Waals surface area contributed by atoms with E-state index in [9.17, 15) is 9.18 Å². The van der Waals surface area contributed by atoms with E-state index in [0.717, 1.165) is 0 Å². The van der Waals surface area contributed by atoms with Gasteiger partial charge in [-0.2, -0.15) is 5.26 Å². The predicted molar refractivity (Wildman–Crippen MR) is 77.2 cm³/mol. The first-order valence-electron chi connectivity index (χ1n) is 6.17. The van der Waals surface area contributed by atoms with Gasteiger partial charge in [-0.15, -0.1) is 0 Å². The first-order chi connectivity index (χ1) is 9.40. The molecular weight excluding hydrogens is 255 g/mol. The van der Waals surface area contributed by atoms with Crippen LogP contribution in [0.5, 0.6) is 0 Å². The molecule has 0 bridgehead atoms. The van der Waals surface area contributed by atoms with Crippen molar-refractivity contribution in [3.63, 3.8) is 0 Å². The summed E-state index contributed by atoms with van der Waals surface area (Å²) in [6.07, 6.45) is 3.43. The molecule has 0 aliphatic carbocycles. The smallest absolute Gasteiger partial charge is 0.159 e. The molecule has 0 unspecified atom stereocenters. The highest BCUT2D eigenvalue weighted by molar-refractivity contribution is 5.97. The number of hydrogen-bond donors (Lipinski definition) is 0. The normalized spacial score (nSPS) is 12.0. The number of ketones is 1. The Morgan fingerprint density at radius 1 is 1.40 bits per heavy atom. The van der Waals surface area contributed by atoms with Crippen molar-refractivity contribution in [3.05, 3.63) is 52.9 Å². The molecule has 0 saturated heterocycles. The van der Waals surface area contributed by atoms with Crippen LogP contribution in [0, 0.1) is 17.1 Å². The predicted octanol–water partition coefficient (Wildman–Crippen LogP) is 3.14. The maximum Gasteiger partial charge on any atom is 0.159 e. The molecule has 0 aromatic heterocycles. The number of carbonyl (C=O) groups excluding carboxylic acids is 1. The molecule has 0 N–H and O–H groups in total. The van der Waals surface area contributed by atoms with Crippen molar-refractivity contribution in [2.75, 3.05) is 14.1 Å². The SMILES string of the molecule is CC=C(/C=C(/c1ccc(C#N)c(F)c1)N(C)C)C(C)=O. The minimum Gasteiger partial charge on any atom is -0.377 e. The molecule has 0 spiro atoms. The highest BCUT2D eigenvalue weighted by Crippen LogP contribution is 2.21. The minimum absolute atomic E-state index is 0.00433. The van der Waals surface area contributed by atoms with Crippen molar-refractivity contribution in [3.8, 4) is 6.07 Å². The average molecular weight is 272 g/mol. The van der Waals surface area contributed by atoms with Gasteiger partial charge in [-0.25, -0.2) is 4.39 Å². The molecule has 1 aromatic rings. The average Bonchev–Trinajstić information content (AvgIpc) is 2.38. The summed E-state index contributed by atoms with van der Waals surface area (Å²) in [5.41, 5.74) is 1.88. The van der Waals surface area contributed by atoms with E-state index < -0.39 is 5.82 Å². The number of benzene rings is 1. The zero-order valence-electron chi connectivity index (χ0n) is 12.1. The third-order valence-corrected chi connectivity index (χ3v) is 2.88. The number of rotatable bonds is 4. The molecule has 4 heteroatoms. The van der Waals surface area contributed by atoms with Gasteiger partial charge in [0, 0.05) is 30.9 Å². The lowest BCUT2D eigenvalue weighted by Gasteiger charge is -2.18. The van der Waals surface area contributed by atoms with Crippen LogP contribution in [0.15, 0.2) is 35.9 Å². The number of nitrogens with zero attached hydrogens (tertiary/aromatic N) is 2. The van der Waals surface area contributed by atoms with Crippen LogP contribution in [0.25, 0.3) is 5.70 Å². The number of halogens is 1. The largest absolute Gasteiger partial charge is 0.377 e. The topological polar surface area (TPSA) is 44.1 Å². The lowest BCUT2D eigenvalue weighted by molar-refractivity contribution is -0.113. The van der Waals surface area contributed by atoms with E-state index in [0.29, 0.717) is 16.8 Å². The van der Waals surface area contributed by atoms with E-state index in [1.54, 1.807) is 36.1 Å². The van der Waals surface area contributed by atoms with Crippen molar-refractivity contribution in [1.82, 2.24) is 4.90 Å². The number of allylic oxidation sites excluding steroid dienone is 3. The zero-order valence-corrected chi connectivity index (χ0v) is 12.1. The van der Waals surface area contributed by atoms with Gasteiger partial charge in [0.2, 0.25) is 0 Å². The molecule has 1 aromatic carbocycles. The van der Waals surface area contributed by atoms with E-state index in [-0.39, 0.29) is 11.3 Å². The second-order valence-corrected chi connectivity index (χ2v) is 4.53. The monoisotopic (exact) mass is 272 g/mol. The quantitative estimate of drug-likeness (QED) is 0.624. The van der Waals surface area contributed by atoms with Gasteiger partial charge >= 0.3 is 0 Å². The second kappa shape index (κ2) is 6.67. The fourth-order valence-electron chi connectivity index (χ4n) is 1.77. The first kappa shape index (κ1) is 15.6. The van der Waals surface area contributed by atoms with E-state index in [1.807, 2.05) is 14.1 Å². The maximum absolute atomic E-state index is 13.7. The summed E-state index contributed by atoms with van der Waals surface area (Å²) in [7, 11) is 3.63. The Balaban J connectivity index is 3.36. The molecule has 0 aliphatic rings. The maximum atomic E-state index is 13.7. The van der Waals surface area contributed by atoms with E-state index in [1.165, 1.54) is 19.1 Å². The van der Waals surface area contributed by atoms with Gasteiger partial charge in [0.05, 0.1) is 5.56 Å². The van der Waals surface area contributed by atoms with Crippen molar-refractivity contribution in [2.45, 2.75) is 13.8 Å². The molecule has 20 heavy (non-hydrogen) atoms. The summed E-state index contributed by atoms with van der Waals surface area (Å²) >= 11 is 0. The van der Waals surface area contributed by atoms with Crippen LogP contribution < -0.4 is 0 Å². The highest BCUT2D eigenvalue weighted by Gasteiger charge is 2.10. The summed E-state index contributed by atoms with van der Waals surface area (Å²) in [5, 5.41) is 8.74. The molecule has 104 valence electrons. The van der Waals surface area contributed by atoms with Crippen molar-refractivity contribution in [2.24, 2.45) is 0 Å². The fraction of sp³-hybridized carbons (Fsp3) is 0.250. The summed E-state index contributed by atoms with van der Waals surface area (Å²) < 4.78 is 13.7. The van der Waals surface area contributed by atoms with Gasteiger partial charge in [-0.1, -0.05) is 12.1 Å². The van der Waals surface area contributed by atoms with Crippen LogP contribution >= 0.6 is 0 Å². The summed E-state index contributed by atoms with van der Waals surface area (Å²) in [5.74, 6) is -0.622. The summed E-state index contributed by atoms with van der Waals surface area (Å²) in [6.45, 7) is 3.26. The zero-order chi connectivity index (χ0) is 15.3. The minimum atomic E-state index is -0.567. The molecule has 0 amide bonds. The summed E-state index contributed by atoms with van der Waals surface area (Å²) in [4.78, 5) is 13.3. The molecule has 0 atom stereocenters. The Labute approximate surface area is 118 Å². The van der Waals surface area contributed by atoms with E-state index >= 15 is 0 Å². The molecule has 1 rings (SSSR count). The van der Waals surface area contributed by atoms with Crippen molar-refractivity contribution in [1.29, 1.82) is 5.26 Å². The van der Waals surface area contributed by atoms with Crippen molar-refractivity contribution >= 4 is 11.5 Å². The standard InChI is InChI=1S/C16H17FN2O/c1-5-12(11(2)20)9-16(19(3)4)13-6-7-14(10-18)15(17)8-13/h5-9H,1-4H3/b12-5?,16-9-. The Hall–Kier alpha value is -2.41. The Bertz CT molecular complexity index is 622. The first-order valence-corrected chi connectivity index (χ1v) is 6.17. The number of nitriles is 1. The van der Waals surface area contributed by atoms with Crippen LogP contribution in [0.2, 0.25) is 0 Å². The summed E-state index contributed by atoms with van der Waals surface area (Å²) in [6, 6.07) is 6.19. The Morgan fingerprint density at radius 2 is 2.05 bits per heavy atom. The van der Waals surface area contributed by atoms with Crippen LogP contribution in [0.3, 0.4) is 0 Å². The molecule has 0 fully saturated rings. The molecule has 0 aliphatic heterocycles. The third-order valence-electron chi connectivity index (χ3n) is 2.88. The lowest BCUT2D eigenvalue weighted by atomic mass is 10.0. The van der Waals surface area contributed by atoms with Gasteiger partial charge in [0.15, 0.2) is 5.78 Å². The third kappa shape index (κ3) is 3.55. The lowest BCUT2D eigenvalue weighted by Crippen LogP contribution is -2.11. The van der Waals surface area contributed by atoms with Gasteiger partial charge < -0.3 is 4.90 Å². The molecule has 0 saturated carbocycles.